The van der Waals surface area contributed by atoms with Gasteiger partial charge in [0.15, 0.2) is 0 Å². The summed E-state index contributed by atoms with van der Waals surface area (Å²) in [6.07, 6.45) is 13.1. The Labute approximate surface area is 88.7 Å². The maximum absolute atomic E-state index is 3.72. The number of hydrogen-bond donors (Lipinski definition) is 0. The average molecular weight is 190 g/mol. The van der Waals surface area contributed by atoms with Crippen molar-refractivity contribution in [3.8, 4) is 0 Å². The fourth-order valence-electron chi connectivity index (χ4n) is 1.11. The molecule has 0 heterocycles. The highest BCUT2D eigenvalue weighted by molar-refractivity contribution is 5.13. The molecule has 0 rings (SSSR count). The van der Waals surface area contributed by atoms with E-state index in [1.165, 1.54) is 36.8 Å². The second kappa shape index (κ2) is 8.55. The van der Waals surface area contributed by atoms with Gasteiger partial charge in [-0.25, -0.2) is 0 Å². The van der Waals surface area contributed by atoms with E-state index in [2.05, 4.69) is 39.2 Å². The largest absolute Gasteiger partial charge is 0.0988 e. The van der Waals surface area contributed by atoms with Crippen LogP contribution in [-0.2, 0) is 0 Å². The van der Waals surface area contributed by atoms with Gasteiger partial charge in [0, 0.05) is 0 Å². The van der Waals surface area contributed by atoms with Crippen molar-refractivity contribution in [1.29, 1.82) is 0 Å². The van der Waals surface area contributed by atoms with Crippen molar-refractivity contribution in [2.45, 2.75) is 39.5 Å². The molecule has 0 saturated heterocycles. The summed E-state index contributed by atoms with van der Waals surface area (Å²) < 4.78 is 0. The Kier molecular flexibility index (Phi) is 7.92. The Morgan fingerprint density at radius 3 is 1.50 bits per heavy atom. The molecule has 0 fully saturated rings. The second-order valence-corrected chi connectivity index (χ2v) is 3.59. The van der Waals surface area contributed by atoms with E-state index in [0.29, 0.717) is 0 Å². The SMILES string of the molecule is C=C/C(C)=C/CCCC/C=C(\C)C=C. The molecule has 0 bridgehead atoms. The Bertz CT molecular complexity index is 202. The first-order chi connectivity index (χ1) is 6.70. The monoisotopic (exact) mass is 190 g/mol. The van der Waals surface area contributed by atoms with E-state index in [0.717, 1.165) is 0 Å². The fraction of sp³-hybridized carbons (Fsp3) is 0.429. The Hall–Kier alpha value is -1.04. The molecule has 14 heavy (non-hydrogen) atoms. The minimum atomic E-state index is 1.17. The van der Waals surface area contributed by atoms with Gasteiger partial charge in [-0.2, -0.15) is 0 Å². The van der Waals surface area contributed by atoms with Crippen LogP contribution in [0.3, 0.4) is 0 Å². The van der Waals surface area contributed by atoms with E-state index >= 15 is 0 Å². The normalized spacial score (nSPS) is 12.7. The predicted octanol–water partition coefficient (Wildman–Crippen LogP) is 4.81. The van der Waals surface area contributed by atoms with Crippen molar-refractivity contribution in [2.24, 2.45) is 0 Å². The standard InChI is InChI=1S/C14H22/c1-5-13(3)11-9-7-8-10-12-14(4)6-2/h5-6,11-12H,1-2,7-10H2,3-4H3/b13-11+,14-12+. The van der Waals surface area contributed by atoms with Gasteiger partial charge in [0.25, 0.3) is 0 Å². The molecule has 0 aliphatic rings. The molecule has 0 spiro atoms. The van der Waals surface area contributed by atoms with Crippen LogP contribution in [0.4, 0.5) is 0 Å². The van der Waals surface area contributed by atoms with Crippen LogP contribution in [0.5, 0.6) is 0 Å². The first kappa shape index (κ1) is 13.0. The summed E-state index contributed by atoms with van der Waals surface area (Å²) in [6.45, 7) is 11.6. The molecule has 78 valence electrons. The lowest BCUT2D eigenvalue weighted by Crippen LogP contribution is -1.75. The molecule has 0 amide bonds. The molecule has 0 nitrogen and oxygen atoms in total. The summed E-state index contributed by atoms with van der Waals surface area (Å²) in [4.78, 5) is 0. The molecule has 0 aromatic carbocycles. The Balaban J connectivity index is 3.48. The lowest BCUT2D eigenvalue weighted by atomic mass is 10.1. The lowest BCUT2D eigenvalue weighted by molar-refractivity contribution is 0.758. The van der Waals surface area contributed by atoms with E-state index in [1.807, 2.05) is 12.2 Å². The smallest absolute Gasteiger partial charge is 0.0345 e. The summed E-state index contributed by atoms with van der Waals surface area (Å²) in [6, 6.07) is 0. The number of unbranched alkanes of at least 4 members (excludes halogenated alkanes) is 3. The van der Waals surface area contributed by atoms with Gasteiger partial charge in [-0.05, 0) is 39.5 Å². The highest BCUT2D eigenvalue weighted by atomic mass is 13.9. The second-order valence-electron chi connectivity index (χ2n) is 3.59. The van der Waals surface area contributed by atoms with Crippen molar-refractivity contribution in [3.05, 3.63) is 48.6 Å². The van der Waals surface area contributed by atoms with Gasteiger partial charge >= 0.3 is 0 Å². The Morgan fingerprint density at radius 2 is 1.21 bits per heavy atom. The maximum atomic E-state index is 3.72. The zero-order chi connectivity index (χ0) is 10.8. The molecule has 0 unspecified atom stereocenters. The van der Waals surface area contributed by atoms with Crippen LogP contribution < -0.4 is 0 Å². The van der Waals surface area contributed by atoms with Crippen LogP contribution in [0.2, 0.25) is 0 Å². The first-order valence-corrected chi connectivity index (χ1v) is 5.29. The summed E-state index contributed by atoms with van der Waals surface area (Å²) >= 11 is 0. The first-order valence-electron chi connectivity index (χ1n) is 5.29. The van der Waals surface area contributed by atoms with E-state index < -0.39 is 0 Å². The number of allylic oxidation sites excluding steroid dienone is 6. The van der Waals surface area contributed by atoms with Gasteiger partial charge in [0.2, 0.25) is 0 Å². The third-order valence-electron chi connectivity index (χ3n) is 2.23. The summed E-state index contributed by atoms with van der Waals surface area (Å²) in [7, 11) is 0. The summed E-state index contributed by atoms with van der Waals surface area (Å²) in [5.41, 5.74) is 2.56. The fourth-order valence-corrected chi connectivity index (χ4v) is 1.11. The molecule has 0 aliphatic carbocycles. The third-order valence-corrected chi connectivity index (χ3v) is 2.23. The van der Waals surface area contributed by atoms with E-state index in [1.54, 1.807) is 0 Å². The molecule has 0 aliphatic heterocycles. The summed E-state index contributed by atoms with van der Waals surface area (Å²) in [5, 5.41) is 0. The van der Waals surface area contributed by atoms with Crippen molar-refractivity contribution >= 4 is 0 Å². The van der Waals surface area contributed by atoms with Crippen LogP contribution in [0.1, 0.15) is 39.5 Å². The van der Waals surface area contributed by atoms with Gasteiger partial charge in [0.1, 0.15) is 0 Å². The van der Waals surface area contributed by atoms with Gasteiger partial charge < -0.3 is 0 Å². The van der Waals surface area contributed by atoms with Crippen molar-refractivity contribution in [3.63, 3.8) is 0 Å². The predicted molar refractivity (Wildman–Crippen MR) is 66.4 cm³/mol. The van der Waals surface area contributed by atoms with Crippen LogP contribution in [0.15, 0.2) is 48.6 Å². The molecule has 0 heteroatoms. The van der Waals surface area contributed by atoms with Crippen LogP contribution >= 0.6 is 0 Å². The van der Waals surface area contributed by atoms with E-state index in [9.17, 15) is 0 Å². The number of hydrogen-bond acceptors (Lipinski definition) is 0. The average Bonchev–Trinajstić information content (AvgIpc) is 2.22. The zero-order valence-corrected chi connectivity index (χ0v) is 9.55. The molecule has 0 N–H and O–H groups in total. The molecule has 0 saturated carbocycles. The highest BCUT2D eigenvalue weighted by Gasteiger charge is 1.86. The number of rotatable bonds is 7. The zero-order valence-electron chi connectivity index (χ0n) is 9.55. The van der Waals surface area contributed by atoms with Gasteiger partial charge in [-0.1, -0.05) is 48.6 Å². The van der Waals surface area contributed by atoms with Crippen molar-refractivity contribution in [2.75, 3.05) is 0 Å². The highest BCUT2D eigenvalue weighted by Crippen LogP contribution is 2.06. The molecular formula is C14H22. The van der Waals surface area contributed by atoms with Crippen LogP contribution in [-0.4, -0.2) is 0 Å². The van der Waals surface area contributed by atoms with Crippen LogP contribution in [0, 0.1) is 0 Å². The van der Waals surface area contributed by atoms with Crippen molar-refractivity contribution < 1.29 is 0 Å². The Morgan fingerprint density at radius 1 is 0.857 bits per heavy atom. The van der Waals surface area contributed by atoms with Gasteiger partial charge in [-0.3, -0.25) is 0 Å². The molecule has 0 radical (unpaired) electrons. The lowest BCUT2D eigenvalue weighted by Gasteiger charge is -1.96. The molecule has 0 atom stereocenters. The van der Waals surface area contributed by atoms with Gasteiger partial charge in [0.05, 0.1) is 0 Å². The van der Waals surface area contributed by atoms with E-state index in [-0.39, 0.29) is 0 Å². The van der Waals surface area contributed by atoms with Crippen LogP contribution in [0.25, 0.3) is 0 Å². The molecule has 0 aromatic rings. The third kappa shape index (κ3) is 7.60. The minimum absolute atomic E-state index is 1.17. The van der Waals surface area contributed by atoms with E-state index in [4.69, 9.17) is 0 Å². The quantitative estimate of drug-likeness (QED) is 0.399. The van der Waals surface area contributed by atoms with Crippen molar-refractivity contribution in [1.82, 2.24) is 0 Å². The topological polar surface area (TPSA) is 0 Å². The minimum Gasteiger partial charge on any atom is -0.0988 e. The summed E-state index contributed by atoms with van der Waals surface area (Å²) in [5.74, 6) is 0. The molecule has 0 aromatic heterocycles. The molecular weight excluding hydrogens is 168 g/mol. The van der Waals surface area contributed by atoms with Gasteiger partial charge in [-0.15, -0.1) is 0 Å². The maximum Gasteiger partial charge on any atom is -0.0345 e.